The standard InChI is InChI=1S/C12H12N4S/c13-8-1-3-9(4-2-8)16-7-15-12-10(11(16)14)5-6-17-12/h1-6H,7,13-14H2. The van der Waals surface area contributed by atoms with Gasteiger partial charge in [-0.25, -0.2) is 0 Å². The second kappa shape index (κ2) is 3.78. The molecule has 1 aliphatic heterocycles. The molecule has 0 amide bonds. The molecule has 0 spiro atoms. The molecule has 1 aliphatic rings. The van der Waals surface area contributed by atoms with E-state index in [4.69, 9.17) is 11.5 Å². The summed E-state index contributed by atoms with van der Waals surface area (Å²) < 4.78 is 1.01. The molecule has 0 saturated heterocycles. The van der Waals surface area contributed by atoms with Crippen molar-refractivity contribution in [3.63, 3.8) is 0 Å². The minimum atomic E-state index is 0.559. The van der Waals surface area contributed by atoms with E-state index in [1.54, 1.807) is 11.3 Å². The molecule has 0 fully saturated rings. The third-order valence-electron chi connectivity index (χ3n) is 2.77. The maximum Gasteiger partial charge on any atom is 0.123 e. The van der Waals surface area contributed by atoms with Gasteiger partial charge < -0.3 is 16.4 Å². The lowest BCUT2D eigenvalue weighted by molar-refractivity contribution is 0.920. The van der Waals surface area contributed by atoms with Crippen LogP contribution in [-0.4, -0.2) is 6.67 Å². The van der Waals surface area contributed by atoms with Crippen molar-refractivity contribution >= 4 is 28.5 Å². The van der Waals surface area contributed by atoms with Gasteiger partial charge in [0.2, 0.25) is 0 Å². The van der Waals surface area contributed by atoms with Crippen LogP contribution in [0.3, 0.4) is 0 Å². The largest absolute Gasteiger partial charge is 0.399 e. The van der Waals surface area contributed by atoms with Crippen molar-refractivity contribution in [1.29, 1.82) is 0 Å². The molecule has 0 bridgehead atoms. The molecule has 1 aromatic carbocycles. The molecule has 4 nitrogen and oxygen atoms in total. The van der Waals surface area contributed by atoms with Gasteiger partial charge in [-0.3, -0.25) is 4.99 Å². The van der Waals surface area contributed by atoms with Gasteiger partial charge in [0.05, 0.1) is 5.22 Å². The van der Waals surface area contributed by atoms with E-state index >= 15 is 0 Å². The smallest absolute Gasteiger partial charge is 0.123 e. The van der Waals surface area contributed by atoms with Crippen LogP contribution >= 0.6 is 11.3 Å². The number of hydrogen-bond donors (Lipinski definition) is 2. The van der Waals surface area contributed by atoms with Crippen LogP contribution in [0.25, 0.3) is 5.82 Å². The van der Waals surface area contributed by atoms with Gasteiger partial charge in [0, 0.05) is 11.4 Å². The molecular weight excluding hydrogens is 232 g/mol. The number of anilines is 2. The van der Waals surface area contributed by atoms with E-state index in [1.165, 1.54) is 0 Å². The summed E-state index contributed by atoms with van der Waals surface area (Å²) in [6.45, 7) is 0.559. The predicted molar refractivity (Wildman–Crippen MR) is 70.9 cm³/mol. The van der Waals surface area contributed by atoms with Crippen molar-refractivity contribution in [2.75, 3.05) is 17.3 Å². The SMILES string of the molecule is NC1=c2ccsc2=NCN1c1ccc(N)cc1. The van der Waals surface area contributed by atoms with Crippen LogP contribution in [0.1, 0.15) is 0 Å². The summed E-state index contributed by atoms with van der Waals surface area (Å²) in [5.41, 5.74) is 13.6. The second-order valence-corrected chi connectivity index (χ2v) is 4.74. The Balaban J connectivity index is 2.11. The molecule has 17 heavy (non-hydrogen) atoms. The van der Waals surface area contributed by atoms with E-state index in [2.05, 4.69) is 4.99 Å². The molecule has 2 aromatic rings. The van der Waals surface area contributed by atoms with Gasteiger partial charge in [0.25, 0.3) is 0 Å². The lowest BCUT2D eigenvalue weighted by Gasteiger charge is -2.24. The fraction of sp³-hybridized carbons (Fsp3) is 0.0833. The van der Waals surface area contributed by atoms with Crippen molar-refractivity contribution in [1.82, 2.24) is 0 Å². The highest BCUT2D eigenvalue weighted by Gasteiger charge is 2.13. The molecule has 1 aromatic heterocycles. The maximum atomic E-state index is 6.16. The van der Waals surface area contributed by atoms with Crippen LogP contribution in [0.15, 0.2) is 40.7 Å². The zero-order valence-corrected chi connectivity index (χ0v) is 9.95. The number of nitrogen functional groups attached to an aromatic ring is 1. The van der Waals surface area contributed by atoms with Crippen LogP contribution < -0.4 is 26.3 Å². The van der Waals surface area contributed by atoms with Crippen LogP contribution in [0.5, 0.6) is 0 Å². The minimum absolute atomic E-state index is 0.559. The number of nitrogens with two attached hydrogens (primary N) is 2. The summed E-state index contributed by atoms with van der Waals surface area (Å²) in [5.74, 6) is 0.751. The normalized spacial score (nSPS) is 14.4. The van der Waals surface area contributed by atoms with Gasteiger partial charge in [0.1, 0.15) is 17.2 Å². The summed E-state index contributed by atoms with van der Waals surface area (Å²) in [4.78, 5) is 6.48. The zero-order chi connectivity index (χ0) is 11.8. The van der Waals surface area contributed by atoms with E-state index < -0.39 is 0 Å². The summed E-state index contributed by atoms with van der Waals surface area (Å²) in [6, 6.07) is 9.64. The van der Waals surface area contributed by atoms with Crippen molar-refractivity contribution in [3.05, 3.63) is 45.6 Å². The van der Waals surface area contributed by atoms with Gasteiger partial charge in [-0.2, -0.15) is 0 Å². The quantitative estimate of drug-likeness (QED) is 0.716. The summed E-state index contributed by atoms with van der Waals surface area (Å²) in [7, 11) is 0. The molecular formula is C12H12N4S. The van der Waals surface area contributed by atoms with E-state index in [0.29, 0.717) is 6.67 Å². The lowest BCUT2D eigenvalue weighted by atomic mass is 10.2. The summed E-state index contributed by atoms with van der Waals surface area (Å²) >= 11 is 1.61. The monoisotopic (exact) mass is 244 g/mol. The number of nitrogens with zero attached hydrogens (tertiary/aromatic N) is 2. The first-order valence-electron chi connectivity index (χ1n) is 5.26. The van der Waals surface area contributed by atoms with Gasteiger partial charge in [-0.1, -0.05) is 0 Å². The molecule has 0 atom stereocenters. The van der Waals surface area contributed by atoms with Crippen molar-refractivity contribution in [2.45, 2.75) is 0 Å². The molecule has 2 heterocycles. The van der Waals surface area contributed by atoms with Gasteiger partial charge >= 0.3 is 0 Å². The Hall–Kier alpha value is -2.01. The number of fused-ring (bicyclic) bond motifs is 1. The lowest BCUT2D eigenvalue weighted by Crippen LogP contribution is -2.41. The Bertz CT molecular complexity index is 657. The van der Waals surface area contributed by atoms with Crippen LogP contribution in [-0.2, 0) is 0 Å². The van der Waals surface area contributed by atoms with Crippen LogP contribution in [0.2, 0.25) is 0 Å². The fourth-order valence-electron chi connectivity index (χ4n) is 1.85. The first kappa shape index (κ1) is 10.2. The first-order chi connectivity index (χ1) is 8.25. The maximum absolute atomic E-state index is 6.16. The Morgan fingerprint density at radius 2 is 1.88 bits per heavy atom. The molecule has 86 valence electrons. The van der Waals surface area contributed by atoms with Crippen molar-refractivity contribution in [3.8, 4) is 0 Å². The minimum Gasteiger partial charge on any atom is -0.399 e. The van der Waals surface area contributed by atoms with E-state index in [-0.39, 0.29) is 0 Å². The number of benzene rings is 1. The number of rotatable bonds is 1. The Morgan fingerprint density at radius 3 is 2.65 bits per heavy atom. The number of hydrogen-bond acceptors (Lipinski definition) is 5. The number of thiophene rings is 1. The topological polar surface area (TPSA) is 67.6 Å². The highest BCUT2D eigenvalue weighted by Crippen LogP contribution is 2.19. The Labute approximate surface area is 102 Å². The fourth-order valence-corrected chi connectivity index (χ4v) is 2.62. The van der Waals surface area contributed by atoms with Crippen LogP contribution in [0.4, 0.5) is 11.4 Å². The Kier molecular flexibility index (Phi) is 2.26. The highest BCUT2D eigenvalue weighted by atomic mass is 32.1. The van der Waals surface area contributed by atoms with Crippen LogP contribution in [0, 0.1) is 0 Å². The molecule has 0 aliphatic carbocycles. The summed E-state index contributed by atoms with van der Waals surface area (Å²) in [6.07, 6.45) is 0. The average molecular weight is 244 g/mol. The molecule has 4 N–H and O–H groups in total. The third-order valence-corrected chi connectivity index (χ3v) is 3.62. The molecule has 0 radical (unpaired) electrons. The Morgan fingerprint density at radius 1 is 1.12 bits per heavy atom. The summed E-state index contributed by atoms with van der Waals surface area (Å²) in [5, 5.41) is 3.02. The van der Waals surface area contributed by atoms with E-state index in [1.807, 2.05) is 40.6 Å². The van der Waals surface area contributed by atoms with Crippen molar-refractivity contribution < 1.29 is 0 Å². The average Bonchev–Trinajstić information content (AvgIpc) is 2.80. The van der Waals surface area contributed by atoms with E-state index in [0.717, 1.165) is 27.1 Å². The van der Waals surface area contributed by atoms with Gasteiger partial charge in [0.15, 0.2) is 0 Å². The second-order valence-electron chi connectivity index (χ2n) is 3.84. The van der Waals surface area contributed by atoms with Gasteiger partial charge in [-0.15, -0.1) is 11.3 Å². The van der Waals surface area contributed by atoms with Crippen molar-refractivity contribution in [2.24, 2.45) is 10.7 Å². The van der Waals surface area contributed by atoms with E-state index in [9.17, 15) is 0 Å². The molecule has 0 saturated carbocycles. The molecule has 3 rings (SSSR count). The molecule has 0 unspecified atom stereocenters. The predicted octanol–water partition coefficient (Wildman–Crippen LogP) is 0.452. The molecule has 5 heteroatoms. The third kappa shape index (κ3) is 1.64. The zero-order valence-electron chi connectivity index (χ0n) is 9.13. The first-order valence-corrected chi connectivity index (χ1v) is 6.14. The van der Waals surface area contributed by atoms with Gasteiger partial charge in [-0.05, 0) is 35.7 Å². The highest BCUT2D eigenvalue weighted by molar-refractivity contribution is 7.07.